The number of carbonyl (C=O) groups excluding carboxylic acids is 1. The summed E-state index contributed by atoms with van der Waals surface area (Å²) >= 11 is 0. The summed E-state index contributed by atoms with van der Waals surface area (Å²) in [6.07, 6.45) is 10.9. The number of carbonyl (C=O) groups is 2. The third-order valence-electron chi connectivity index (χ3n) is 3.60. The van der Waals surface area contributed by atoms with E-state index in [0.29, 0.717) is 6.42 Å². The van der Waals surface area contributed by atoms with Crippen molar-refractivity contribution in [1.29, 1.82) is 0 Å². The molecule has 0 aliphatic carbocycles. The highest BCUT2D eigenvalue weighted by Crippen LogP contribution is 2.08. The molecule has 134 valence electrons. The van der Waals surface area contributed by atoms with Crippen molar-refractivity contribution in [1.82, 2.24) is 5.32 Å². The van der Waals surface area contributed by atoms with E-state index in [1.807, 2.05) is 0 Å². The second-order valence-electron chi connectivity index (χ2n) is 5.96. The van der Waals surface area contributed by atoms with Crippen LogP contribution in [0, 0.1) is 23.7 Å². The van der Waals surface area contributed by atoms with Crippen LogP contribution in [0.2, 0.25) is 0 Å². The number of hydrogen-bond donors (Lipinski definition) is 2. The molecule has 0 spiro atoms. The fraction of sp³-hybridized carbons (Fsp3) is 0.700. The molecule has 0 aliphatic rings. The third kappa shape index (κ3) is 15.0. The van der Waals surface area contributed by atoms with Crippen LogP contribution in [0.3, 0.4) is 0 Å². The van der Waals surface area contributed by atoms with Gasteiger partial charge in [0.05, 0.1) is 0 Å². The largest absolute Gasteiger partial charge is 0.480 e. The van der Waals surface area contributed by atoms with Gasteiger partial charge in [0, 0.05) is 19.3 Å². The van der Waals surface area contributed by atoms with Crippen LogP contribution in [0.4, 0.5) is 0 Å². The van der Waals surface area contributed by atoms with Gasteiger partial charge in [0.2, 0.25) is 5.91 Å². The summed E-state index contributed by atoms with van der Waals surface area (Å²) in [6, 6.07) is -0.810. The summed E-state index contributed by atoms with van der Waals surface area (Å²) in [7, 11) is 0. The van der Waals surface area contributed by atoms with Gasteiger partial charge in [-0.05, 0) is 38.0 Å². The molecule has 0 fully saturated rings. The maximum Gasteiger partial charge on any atom is 0.325 e. The molecule has 0 aromatic carbocycles. The molecule has 0 radical (unpaired) electrons. The van der Waals surface area contributed by atoms with Gasteiger partial charge in [0.25, 0.3) is 0 Å². The molecule has 0 rings (SSSR count). The molecule has 0 aromatic rings. The number of rotatable bonds is 12. The minimum Gasteiger partial charge on any atom is -0.480 e. The number of hydrogen-bond acceptors (Lipinski definition) is 2. The predicted molar refractivity (Wildman–Crippen MR) is 97.3 cm³/mol. The summed E-state index contributed by atoms with van der Waals surface area (Å²) in [5, 5.41) is 11.2. The Morgan fingerprint density at radius 1 is 0.917 bits per heavy atom. The molecule has 0 unspecified atom stereocenters. The van der Waals surface area contributed by atoms with Crippen molar-refractivity contribution in [2.45, 2.75) is 90.5 Å². The van der Waals surface area contributed by atoms with E-state index in [4.69, 9.17) is 5.11 Å². The summed E-state index contributed by atoms with van der Waals surface area (Å²) in [6.45, 7) is 3.63. The fourth-order valence-electron chi connectivity index (χ4n) is 2.06. The molecule has 0 bridgehead atoms. The van der Waals surface area contributed by atoms with E-state index in [2.05, 4.69) is 35.9 Å². The molecular formula is C20H31NO3. The van der Waals surface area contributed by atoms with Crippen LogP contribution in [-0.4, -0.2) is 23.0 Å². The van der Waals surface area contributed by atoms with E-state index in [-0.39, 0.29) is 5.91 Å². The Labute approximate surface area is 146 Å². The Bertz CT molecular complexity index is 477. The van der Waals surface area contributed by atoms with E-state index in [1.54, 1.807) is 0 Å². The zero-order valence-corrected chi connectivity index (χ0v) is 15.1. The first kappa shape index (κ1) is 22.1. The SMILES string of the molecule is CCCCC#CC#CCCCCCCCCC(=O)N[C@@H](C)C(=O)O. The molecule has 0 aliphatic heterocycles. The Morgan fingerprint density at radius 3 is 2.04 bits per heavy atom. The number of amides is 1. The Kier molecular flexibility index (Phi) is 14.6. The van der Waals surface area contributed by atoms with Crippen molar-refractivity contribution in [3.8, 4) is 23.7 Å². The standard InChI is InChI=1S/C20H31NO3/c1-3-4-5-6-7-8-9-10-11-12-13-14-15-16-17-19(22)21-18(2)20(23)24/h18H,3-5,10-17H2,1-2H3,(H,21,22)(H,23,24)/t18-/m0/s1. The maximum atomic E-state index is 11.5. The summed E-state index contributed by atoms with van der Waals surface area (Å²) in [5.41, 5.74) is 0. The number of aliphatic carboxylic acids is 1. The van der Waals surface area contributed by atoms with Crippen molar-refractivity contribution in [2.75, 3.05) is 0 Å². The molecule has 0 heterocycles. The highest BCUT2D eigenvalue weighted by Gasteiger charge is 2.12. The van der Waals surface area contributed by atoms with Gasteiger partial charge in [-0.2, -0.15) is 0 Å². The molecule has 0 saturated heterocycles. The van der Waals surface area contributed by atoms with Crippen molar-refractivity contribution in [2.24, 2.45) is 0 Å². The van der Waals surface area contributed by atoms with Crippen molar-refractivity contribution < 1.29 is 14.7 Å². The van der Waals surface area contributed by atoms with E-state index < -0.39 is 12.0 Å². The molecular weight excluding hydrogens is 302 g/mol. The van der Waals surface area contributed by atoms with Crippen LogP contribution in [0.15, 0.2) is 0 Å². The first-order chi connectivity index (χ1) is 11.6. The van der Waals surface area contributed by atoms with Gasteiger partial charge in [-0.3, -0.25) is 9.59 Å². The van der Waals surface area contributed by atoms with E-state index in [0.717, 1.165) is 57.8 Å². The predicted octanol–water partition coefficient (Wildman–Crippen LogP) is 3.89. The van der Waals surface area contributed by atoms with Crippen molar-refractivity contribution in [3.63, 3.8) is 0 Å². The minimum atomic E-state index is -1.00. The van der Waals surface area contributed by atoms with Gasteiger partial charge >= 0.3 is 5.97 Å². The Hall–Kier alpha value is -1.94. The first-order valence-corrected chi connectivity index (χ1v) is 9.05. The lowest BCUT2D eigenvalue weighted by Gasteiger charge is -2.08. The van der Waals surface area contributed by atoms with Crippen molar-refractivity contribution >= 4 is 11.9 Å². The van der Waals surface area contributed by atoms with Crippen LogP contribution in [-0.2, 0) is 9.59 Å². The summed E-state index contributed by atoms with van der Waals surface area (Å²) in [4.78, 5) is 22.1. The van der Waals surface area contributed by atoms with E-state index in [9.17, 15) is 9.59 Å². The first-order valence-electron chi connectivity index (χ1n) is 9.05. The van der Waals surface area contributed by atoms with Gasteiger partial charge in [-0.1, -0.05) is 50.9 Å². The van der Waals surface area contributed by atoms with E-state index >= 15 is 0 Å². The van der Waals surface area contributed by atoms with Gasteiger partial charge in [-0.25, -0.2) is 0 Å². The number of unbranched alkanes of at least 4 members (excludes halogenated alkanes) is 8. The second-order valence-corrected chi connectivity index (χ2v) is 5.96. The minimum absolute atomic E-state index is 0.180. The Morgan fingerprint density at radius 2 is 1.46 bits per heavy atom. The number of carboxylic acids is 1. The van der Waals surface area contributed by atoms with Crippen LogP contribution < -0.4 is 5.32 Å². The highest BCUT2D eigenvalue weighted by molar-refractivity contribution is 5.83. The topological polar surface area (TPSA) is 66.4 Å². The van der Waals surface area contributed by atoms with Crippen molar-refractivity contribution in [3.05, 3.63) is 0 Å². The molecule has 2 N–H and O–H groups in total. The zero-order chi connectivity index (χ0) is 18.0. The van der Waals surface area contributed by atoms with Crippen LogP contribution in [0.25, 0.3) is 0 Å². The van der Waals surface area contributed by atoms with Crippen LogP contribution in [0.1, 0.15) is 84.5 Å². The molecule has 1 atom stereocenters. The van der Waals surface area contributed by atoms with Gasteiger partial charge in [0.15, 0.2) is 0 Å². The number of carboxylic acid groups (broad SMARTS) is 1. The normalized spacial score (nSPS) is 10.8. The summed E-state index contributed by atoms with van der Waals surface area (Å²) < 4.78 is 0. The number of nitrogens with one attached hydrogen (secondary N) is 1. The highest BCUT2D eigenvalue weighted by atomic mass is 16.4. The summed E-state index contributed by atoms with van der Waals surface area (Å²) in [5.74, 6) is 10.7. The average molecular weight is 333 g/mol. The fourth-order valence-corrected chi connectivity index (χ4v) is 2.06. The van der Waals surface area contributed by atoms with Gasteiger partial charge in [-0.15, -0.1) is 0 Å². The molecule has 4 heteroatoms. The van der Waals surface area contributed by atoms with E-state index in [1.165, 1.54) is 13.3 Å². The molecule has 24 heavy (non-hydrogen) atoms. The lowest BCUT2D eigenvalue weighted by Crippen LogP contribution is -2.38. The maximum absolute atomic E-state index is 11.5. The van der Waals surface area contributed by atoms with Gasteiger partial charge < -0.3 is 10.4 Å². The lowest BCUT2D eigenvalue weighted by atomic mass is 10.1. The second kappa shape index (κ2) is 15.9. The van der Waals surface area contributed by atoms with Crippen LogP contribution in [0.5, 0.6) is 0 Å². The molecule has 0 saturated carbocycles. The van der Waals surface area contributed by atoms with Crippen LogP contribution >= 0.6 is 0 Å². The zero-order valence-electron chi connectivity index (χ0n) is 15.1. The molecule has 0 aromatic heterocycles. The monoisotopic (exact) mass is 333 g/mol. The lowest BCUT2D eigenvalue weighted by molar-refractivity contribution is -0.141. The third-order valence-corrected chi connectivity index (χ3v) is 3.60. The quantitative estimate of drug-likeness (QED) is 0.420. The smallest absolute Gasteiger partial charge is 0.325 e. The molecule has 4 nitrogen and oxygen atoms in total. The average Bonchev–Trinajstić information content (AvgIpc) is 2.55. The van der Waals surface area contributed by atoms with Gasteiger partial charge in [0.1, 0.15) is 6.04 Å². The Balaban J connectivity index is 3.42. The molecule has 1 amide bonds.